The third kappa shape index (κ3) is 2.54. The molecule has 0 bridgehead atoms. The lowest BCUT2D eigenvalue weighted by atomic mass is 9.99. The van der Waals surface area contributed by atoms with Gasteiger partial charge in [0.05, 0.1) is 6.04 Å². The van der Waals surface area contributed by atoms with E-state index in [0.717, 1.165) is 11.1 Å². The molecular formula is C13H15FN2S. The van der Waals surface area contributed by atoms with Crippen LogP contribution in [0.1, 0.15) is 27.6 Å². The van der Waals surface area contributed by atoms with Crippen LogP contribution < -0.4 is 11.3 Å². The maximum Gasteiger partial charge on any atom is 0.128 e. The van der Waals surface area contributed by atoms with Crippen molar-refractivity contribution in [2.45, 2.75) is 19.9 Å². The van der Waals surface area contributed by atoms with Gasteiger partial charge in [0.1, 0.15) is 5.82 Å². The summed E-state index contributed by atoms with van der Waals surface area (Å²) in [6, 6.07) is 6.79. The number of nitrogens with one attached hydrogen (secondary N) is 1. The van der Waals surface area contributed by atoms with Crippen LogP contribution in [0.2, 0.25) is 0 Å². The number of hydrogen-bond donors (Lipinski definition) is 2. The molecule has 0 amide bonds. The summed E-state index contributed by atoms with van der Waals surface area (Å²) in [5.74, 6) is 5.32. The SMILES string of the molecule is Cc1ccc(F)c(C(NN)c2csc(C)c2)c1. The number of halogens is 1. The van der Waals surface area contributed by atoms with Gasteiger partial charge in [0.2, 0.25) is 0 Å². The van der Waals surface area contributed by atoms with Crippen LogP contribution in [0.5, 0.6) is 0 Å². The summed E-state index contributed by atoms with van der Waals surface area (Å²) in [6.07, 6.45) is 0. The first kappa shape index (κ1) is 12.2. The number of aryl methyl sites for hydroxylation is 2. The Kier molecular flexibility index (Phi) is 3.57. The third-order valence-corrected chi connectivity index (χ3v) is 3.59. The Bertz CT molecular complexity index is 522. The predicted octanol–water partition coefficient (Wildman–Crippen LogP) is 3.06. The Morgan fingerprint density at radius 3 is 2.65 bits per heavy atom. The summed E-state index contributed by atoms with van der Waals surface area (Å²) in [6.45, 7) is 3.96. The van der Waals surface area contributed by atoms with Crippen LogP contribution in [0.3, 0.4) is 0 Å². The molecular weight excluding hydrogens is 235 g/mol. The van der Waals surface area contributed by atoms with Gasteiger partial charge in [-0.3, -0.25) is 5.84 Å². The fourth-order valence-corrected chi connectivity index (χ4v) is 2.60. The Labute approximate surface area is 104 Å². The van der Waals surface area contributed by atoms with E-state index in [1.54, 1.807) is 17.4 Å². The molecule has 0 radical (unpaired) electrons. The van der Waals surface area contributed by atoms with E-state index in [-0.39, 0.29) is 11.9 Å². The Morgan fingerprint density at radius 1 is 1.29 bits per heavy atom. The van der Waals surface area contributed by atoms with Crippen LogP contribution >= 0.6 is 11.3 Å². The monoisotopic (exact) mass is 250 g/mol. The molecule has 4 heteroatoms. The molecule has 0 aliphatic rings. The van der Waals surface area contributed by atoms with E-state index >= 15 is 0 Å². The summed E-state index contributed by atoms with van der Waals surface area (Å²) in [4.78, 5) is 1.19. The number of rotatable bonds is 3. The minimum Gasteiger partial charge on any atom is -0.271 e. The highest BCUT2D eigenvalue weighted by Crippen LogP contribution is 2.27. The molecule has 3 N–H and O–H groups in total. The van der Waals surface area contributed by atoms with E-state index in [4.69, 9.17) is 5.84 Å². The number of thiophene rings is 1. The summed E-state index contributed by atoms with van der Waals surface area (Å²) >= 11 is 1.63. The van der Waals surface area contributed by atoms with E-state index in [9.17, 15) is 4.39 Å². The van der Waals surface area contributed by atoms with E-state index < -0.39 is 0 Å². The van der Waals surface area contributed by atoms with Crippen molar-refractivity contribution in [2.24, 2.45) is 5.84 Å². The molecule has 1 aromatic heterocycles. The van der Waals surface area contributed by atoms with Crippen LogP contribution in [-0.2, 0) is 0 Å². The van der Waals surface area contributed by atoms with Gasteiger partial charge in [-0.2, -0.15) is 0 Å². The smallest absolute Gasteiger partial charge is 0.128 e. The normalized spacial score (nSPS) is 12.7. The maximum absolute atomic E-state index is 13.8. The number of hydrogen-bond acceptors (Lipinski definition) is 3. The Hall–Kier alpha value is -1.23. The molecule has 1 aromatic carbocycles. The standard InChI is InChI=1S/C13H15FN2S/c1-8-3-4-12(14)11(5-8)13(16-15)10-6-9(2)17-7-10/h3-7,13,16H,15H2,1-2H3. The largest absolute Gasteiger partial charge is 0.271 e. The molecule has 0 spiro atoms. The zero-order valence-corrected chi connectivity index (χ0v) is 10.6. The molecule has 0 aliphatic heterocycles. The van der Waals surface area contributed by atoms with Gasteiger partial charge in [-0.05, 0) is 36.9 Å². The van der Waals surface area contributed by atoms with Crippen molar-refractivity contribution in [1.29, 1.82) is 0 Å². The lowest BCUT2D eigenvalue weighted by Crippen LogP contribution is -2.29. The van der Waals surface area contributed by atoms with Crippen molar-refractivity contribution in [1.82, 2.24) is 5.43 Å². The summed E-state index contributed by atoms with van der Waals surface area (Å²) in [5, 5.41) is 2.00. The van der Waals surface area contributed by atoms with Crippen molar-refractivity contribution in [2.75, 3.05) is 0 Å². The molecule has 1 unspecified atom stereocenters. The Balaban J connectivity index is 2.45. The number of benzene rings is 1. The van der Waals surface area contributed by atoms with Gasteiger partial charge in [0.25, 0.3) is 0 Å². The van der Waals surface area contributed by atoms with Gasteiger partial charge in [0, 0.05) is 10.4 Å². The van der Waals surface area contributed by atoms with Crippen LogP contribution in [0, 0.1) is 19.7 Å². The van der Waals surface area contributed by atoms with Gasteiger partial charge in [-0.25, -0.2) is 9.82 Å². The molecule has 2 rings (SSSR count). The summed E-state index contributed by atoms with van der Waals surface area (Å²) < 4.78 is 13.8. The summed E-state index contributed by atoms with van der Waals surface area (Å²) in [5.41, 5.74) is 5.29. The van der Waals surface area contributed by atoms with Gasteiger partial charge in [-0.15, -0.1) is 11.3 Å². The molecule has 2 aromatic rings. The second-order valence-corrected chi connectivity index (χ2v) is 5.23. The second kappa shape index (κ2) is 4.96. The van der Waals surface area contributed by atoms with Gasteiger partial charge in [0.15, 0.2) is 0 Å². The van der Waals surface area contributed by atoms with Gasteiger partial charge >= 0.3 is 0 Å². The summed E-state index contributed by atoms with van der Waals surface area (Å²) in [7, 11) is 0. The minimum absolute atomic E-state index is 0.234. The number of hydrazine groups is 1. The molecule has 2 nitrogen and oxygen atoms in total. The quantitative estimate of drug-likeness (QED) is 0.649. The number of nitrogens with two attached hydrogens (primary N) is 1. The van der Waals surface area contributed by atoms with Gasteiger partial charge in [-0.1, -0.05) is 17.7 Å². The van der Waals surface area contributed by atoms with E-state index in [1.807, 2.05) is 31.4 Å². The van der Waals surface area contributed by atoms with Crippen molar-refractivity contribution in [3.8, 4) is 0 Å². The molecule has 1 atom stereocenters. The third-order valence-electron chi connectivity index (χ3n) is 2.71. The molecule has 1 heterocycles. The van der Waals surface area contributed by atoms with Crippen LogP contribution in [0.25, 0.3) is 0 Å². The average Bonchev–Trinajstić information content (AvgIpc) is 2.71. The van der Waals surface area contributed by atoms with Crippen LogP contribution in [0.4, 0.5) is 4.39 Å². The van der Waals surface area contributed by atoms with Crippen molar-refractivity contribution >= 4 is 11.3 Å². The van der Waals surface area contributed by atoms with E-state index in [1.165, 1.54) is 10.9 Å². The lowest BCUT2D eigenvalue weighted by molar-refractivity contribution is 0.560. The van der Waals surface area contributed by atoms with Crippen molar-refractivity contribution in [3.63, 3.8) is 0 Å². The Morgan fingerprint density at radius 2 is 2.06 bits per heavy atom. The van der Waals surface area contributed by atoms with Crippen LogP contribution in [-0.4, -0.2) is 0 Å². The minimum atomic E-state index is -0.292. The predicted molar refractivity (Wildman–Crippen MR) is 69.4 cm³/mol. The van der Waals surface area contributed by atoms with Gasteiger partial charge < -0.3 is 0 Å². The molecule has 90 valence electrons. The first-order valence-corrected chi connectivity index (χ1v) is 6.27. The fourth-order valence-electron chi connectivity index (χ4n) is 1.87. The second-order valence-electron chi connectivity index (χ2n) is 4.12. The van der Waals surface area contributed by atoms with E-state index in [0.29, 0.717) is 5.56 Å². The molecule has 0 saturated carbocycles. The first-order valence-electron chi connectivity index (χ1n) is 5.39. The molecule has 0 saturated heterocycles. The highest BCUT2D eigenvalue weighted by molar-refractivity contribution is 7.10. The maximum atomic E-state index is 13.8. The topological polar surface area (TPSA) is 38.0 Å². The lowest BCUT2D eigenvalue weighted by Gasteiger charge is -2.16. The first-order chi connectivity index (χ1) is 8.11. The zero-order chi connectivity index (χ0) is 12.4. The fraction of sp³-hybridized carbons (Fsp3) is 0.231. The molecule has 0 fully saturated rings. The highest BCUT2D eigenvalue weighted by atomic mass is 32.1. The van der Waals surface area contributed by atoms with Crippen molar-refractivity contribution < 1.29 is 4.39 Å². The van der Waals surface area contributed by atoms with E-state index in [2.05, 4.69) is 5.43 Å². The molecule has 17 heavy (non-hydrogen) atoms. The highest BCUT2D eigenvalue weighted by Gasteiger charge is 2.17. The average molecular weight is 250 g/mol. The zero-order valence-electron chi connectivity index (χ0n) is 9.83. The molecule has 0 aliphatic carbocycles. The van der Waals surface area contributed by atoms with Crippen LogP contribution in [0.15, 0.2) is 29.6 Å². The van der Waals surface area contributed by atoms with Crippen molar-refractivity contribution in [3.05, 3.63) is 57.0 Å².